The molecule has 116 valence electrons. The molecule has 1 amide bonds. The monoisotopic (exact) mass is 313 g/mol. The number of carbonyl (C=O) groups is 1. The van der Waals surface area contributed by atoms with Crippen molar-refractivity contribution in [3.05, 3.63) is 18.0 Å². The Kier molecular flexibility index (Phi) is 3.76. The minimum atomic E-state index is -3.80. The maximum absolute atomic E-state index is 12.4. The topological polar surface area (TPSA) is 103 Å². The third-order valence-corrected chi connectivity index (χ3v) is 4.76. The Bertz CT molecular complexity index is 642. The number of hydrogen-bond acceptors (Lipinski definition) is 4. The molecule has 21 heavy (non-hydrogen) atoms. The van der Waals surface area contributed by atoms with Gasteiger partial charge in [0.2, 0.25) is 10.0 Å². The summed E-state index contributed by atoms with van der Waals surface area (Å²) in [7, 11) is -3.80. The van der Waals surface area contributed by atoms with Crippen LogP contribution in [-0.4, -0.2) is 38.1 Å². The molecule has 8 heteroatoms. The quantitative estimate of drug-likeness (QED) is 0.838. The molecule has 1 aromatic rings. The van der Waals surface area contributed by atoms with E-state index in [0.717, 1.165) is 25.7 Å². The summed E-state index contributed by atoms with van der Waals surface area (Å²) < 4.78 is 29.9. The van der Waals surface area contributed by atoms with E-state index in [9.17, 15) is 13.2 Å². The SMILES string of the molecule is NS(=O)(=O)c1cc(C(=O)NC2CCOCC2)n(C2CC2)c1. The summed E-state index contributed by atoms with van der Waals surface area (Å²) in [5, 5.41) is 8.10. The second-order valence-electron chi connectivity index (χ2n) is 5.60. The predicted molar refractivity (Wildman–Crippen MR) is 75.4 cm³/mol. The van der Waals surface area contributed by atoms with Gasteiger partial charge in [-0.25, -0.2) is 13.6 Å². The standard InChI is InChI=1S/C13H19N3O4S/c14-21(18,19)11-7-12(16(8-11)10-1-2-10)13(17)15-9-3-5-20-6-4-9/h7-10H,1-6H2,(H,15,17)(H2,14,18,19). The minimum Gasteiger partial charge on any atom is -0.381 e. The van der Waals surface area contributed by atoms with E-state index >= 15 is 0 Å². The Labute approximate surface area is 123 Å². The molecule has 0 unspecified atom stereocenters. The van der Waals surface area contributed by atoms with Gasteiger partial charge in [0, 0.05) is 31.5 Å². The van der Waals surface area contributed by atoms with Crippen LogP contribution >= 0.6 is 0 Å². The van der Waals surface area contributed by atoms with Gasteiger partial charge in [-0.3, -0.25) is 4.79 Å². The number of aromatic nitrogens is 1. The number of amides is 1. The van der Waals surface area contributed by atoms with Crippen molar-refractivity contribution >= 4 is 15.9 Å². The van der Waals surface area contributed by atoms with Crippen LogP contribution in [0.5, 0.6) is 0 Å². The average molecular weight is 313 g/mol. The number of nitrogens with zero attached hydrogens (tertiary/aromatic N) is 1. The molecule has 3 rings (SSSR count). The molecule has 0 radical (unpaired) electrons. The van der Waals surface area contributed by atoms with E-state index < -0.39 is 10.0 Å². The van der Waals surface area contributed by atoms with Crippen molar-refractivity contribution in [1.29, 1.82) is 0 Å². The predicted octanol–water partition coefficient (Wildman–Crippen LogP) is 0.379. The Morgan fingerprint density at radius 3 is 2.52 bits per heavy atom. The van der Waals surface area contributed by atoms with E-state index in [1.54, 1.807) is 4.57 Å². The van der Waals surface area contributed by atoms with E-state index in [-0.39, 0.29) is 22.9 Å². The molecule has 2 aliphatic rings. The van der Waals surface area contributed by atoms with Crippen LogP contribution in [0.4, 0.5) is 0 Å². The van der Waals surface area contributed by atoms with Gasteiger partial charge in [-0.1, -0.05) is 0 Å². The van der Waals surface area contributed by atoms with Crippen LogP contribution in [0.25, 0.3) is 0 Å². The van der Waals surface area contributed by atoms with E-state index in [1.807, 2.05) is 0 Å². The molecule has 2 fully saturated rings. The highest BCUT2D eigenvalue weighted by atomic mass is 32.2. The molecule has 2 heterocycles. The number of rotatable bonds is 4. The Hall–Kier alpha value is -1.38. The third kappa shape index (κ3) is 3.28. The van der Waals surface area contributed by atoms with Crippen LogP contribution < -0.4 is 10.5 Å². The van der Waals surface area contributed by atoms with E-state index in [2.05, 4.69) is 5.32 Å². The fraction of sp³-hybridized carbons (Fsp3) is 0.615. The molecule has 0 bridgehead atoms. The van der Waals surface area contributed by atoms with Crippen molar-refractivity contribution in [1.82, 2.24) is 9.88 Å². The normalized spacial score (nSPS) is 20.4. The summed E-state index contributed by atoms with van der Waals surface area (Å²) in [4.78, 5) is 12.4. The largest absolute Gasteiger partial charge is 0.381 e. The van der Waals surface area contributed by atoms with Crippen LogP contribution in [0.1, 0.15) is 42.2 Å². The van der Waals surface area contributed by atoms with Crippen molar-refractivity contribution in [3.63, 3.8) is 0 Å². The van der Waals surface area contributed by atoms with Crippen LogP contribution in [-0.2, 0) is 14.8 Å². The highest BCUT2D eigenvalue weighted by Crippen LogP contribution is 2.37. The second-order valence-corrected chi connectivity index (χ2v) is 7.17. The fourth-order valence-electron chi connectivity index (χ4n) is 2.55. The lowest BCUT2D eigenvalue weighted by atomic mass is 10.1. The number of primary sulfonamides is 1. The van der Waals surface area contributed by atoms with Gasteiger partial charge >= 0.3 is 0 Å². The van der Waals surface area contributed by atoms with Gasteiger partial charge in [0.1, 0.15) is 10.6 Å². The van der Waals surface area contributed by atoms with Crippen LogP contribution in [0.15, 0.2) is 17.2 Å². The second kappa shape index (κ2) is 5.43. The number of nitrogens with two attached hydrogens (primary N) is 1. The summed E-state index contributed by atoms with van der Waals surface area (Å²) in [6.45, 7) is 1.27. The molecule has 1 saturated carbocycles. The molecule has 1 aromatic heterocycles. The lowest BCUT2D eigenvalue weighted by molar-refractivity contribution is 0.0692. The maximum Gasteiger partial charge on any atom is 0.268 e. The highest BCUT2D eigenvalue weighted by molar-refractivity contribution is 7.89. The molecule has 0 spiro atoms. The molecular weight excluding hydrogens is 294 g/mol. The molecule has 0 aromatic carbocycles. The smallest absolute Gasteiger partial charge is 0.268 e. The summed E-state index contributed by atoms with van der Waals surface area (Å²) in [5.41, 5.74) is 0.369. The van der Waals surface area contributed by atoms with Gasteiger partial charge in [-0.05, 0) is 31.7 Å². The van der Waals surface area contributed by atoms with Crippen LogP contribution in [0.3, 0.4) is 0 Å². The first-order valence-electron chi connectivity index (χ1n) is 7.08. The zero-order chi connectivity index (χ0) is 15.0. The average Bonchev–Trinajstić information content (AvgIpc) is 3.16. The van der Waals surface area contributed by atoms with Crippen molar-refractivity contribution in [2.75, 3.05) is 13.2 Å². The maximum atomic E-state index is 12.4. The number of sulfonamides is 1. The summed E-state index contributed by atoms with van der Waals surface area (Å²) in [6.07, 6.45) is 4.92. The number of ether oxygens (including phenoxy) is 1. The molecule has 1 aliphatic carbocycles. The van der Waals surface area contributed by atoms with Crippen molar-refractivity contribution in [2.24, 2.45) is 5.14 Å². The first-order chi connectivity index (χ1) is 9.95. The molecule has 7 nitrogen and oxygen atoms in total. The minimum absolute atomic E-state index is 0.00784. The number of carbonyl (C=O) groups excluding carboxylic acids is 1. The number of nitrogens with one attached hydrogen (secondary N) is 1. The lowest BCUT2D eigenvalue weighted by Gasteiger charge is -2.23. The molecular formula is C13H19N3O4S. The van der Waals surface area contributed by atoms with Gasteiger partial charge in [0.15, 0.2) is 0 Å². The summed E-state index contributed by atoms with van der Waals surface area (Å²) in [5.74, 6) is -0.247. The molecule has 1 aliphatic heterocycles. The van der Waals surface area contributed by atoms with Crippen LogP contribution in [0, 0.1) is 0 Å². The van der Waals surface area contributed by atoms with Crippen LogP contribution in [0.2, 0.25) is 0 Å². The Balaban J connectivity index is 1.82. The van der Waals surface area contributed by atoms with Gasteiger partial charge in [-0.2, -0.15) is 0 Å². The van der Waals surface area contributed by atoms with Gasteiger partial charge in [0.25, 0.3) is 5.91 Å². The van der Waals surface area contributed by atoms with Gasteiger partial charge in [0.05, 0.1) is 0 Å². The summed E-state index contributed by atoms with van der Waals surface area (Å²) >= 11 is 0. The highest BCUT2D eigenvalue weighted by Gasteiger charge is 2.30. The first-order valence-corrected chi connectivity index (χ1v) is 8.63. The molecule has 0 atom stereocenters. The van der Waals surface area contributed by atoms with E-state index in [4.69, 9.17) is 9.88 Å². The van der Waals surface area contributed by atoms with E-state index in [1.165, 1.54) is 12.3 Å². The summed E-state index contributed by atoms with van der Waals surface area (Å²) in [6, 6.07) is 1.64. The lowest BCUT2D eigenvalue weighted by Crippen LogP contribution is -2.39. The third-order valence-electron chi connectivity index (χ3n) is 3.88. The Morgan fingerprint density at radius 2 is 1.95 bits per heavy atom. The van der Waals surface area contributed by atoms with Gasteiger partial charge in [-0.15, -0.1) is 0 Å². The van der Waals surface area contributed by atoms with Crippen molar-refractivity contribution < 1.29 is 17.9 Å². The number of hydrogen-bond donors (Lipinski definition) is 2. The van der Waals surface area contributed by atoms with Gasteiger partial charge < -0.3 is 14.6 Å². The fourth-order valence-corrected chi connectivity index (χ4v) is 3.08. The van der Waals surface area contributed by atoms with Crippen molar-refractivity contribution in [3.8, 4) is 0 Å². The zero-order valence-electron chi connectivity index (χ0n) is 11.6. The molecule has 1 saturated heterocycles. The van der Waals surface area contributed by atoms with Crippen molar-refractivity contribution in [2.45, 2.75) is 42.7 Å². The first kappa shape index (κ1) is 14.6. The molecule has 3 N–H and O–H groups in total. The van der Waals surface area contributed by atoms with E-state index in [0.29, 0.717) is 18.9 Å². The Morgan fingerprint density at radius 1 is 1.29 bits per heavy atom. The zero-order valence-corrected chi connectivity index (χ0v) is 12.4.